The predicted octanol–water partition coefficient (Wildman–Crippen LogP) is 2.07. The lowest BCUT2D eigenvalue weighted by molar-refractivity contribution is 0.100. The molecule has 0 fully saturated rings. The fourth-order valence-corrected chi connectivity index (χ4v) is 1.58. The zero-order valence-electron chi connectivity index (χ0n) is 9.86. The van der Waals surface area contributed by atoms with Crippen LogP contribution in [0, 0.1) is 11.6 Å². The Hall–Kier alpha value is -2.50. The maximum absolute atomic E-state index is 13.0. The first kappa shape index (κ1) is 12.9. The van der Waals surface area contributed by atoms with Crippen molar-refractivity contribution in [1.82, 2.24) is 4.98 Å². The van der Waals surface area contributed by atoms with E-state index in [0.29, 0.717) is 11.4 Å². The van der Waals surface area contributed by atoms with E-state index in [2.05, 4.69) is 10.3 Å². The van der Waals surface area contributed by atoms with Gasteiger partial charge in [-0.3, -0.25) is 4.79 Å². The van der Waals surface area contributed by atoms with Gasteiger partial charge >= 0.3 is 0 Å². The molecule has 1 heterocycles. The molecule has 0 atom stereocenters. The van der Waals surface area contributed by atoms with E-state index in [1.54, 1.807) is 6.07 Å². The summed E-state index contributed by atoms with van der Waals surface area (Å²) in [6.07, 6.45) is 1.50. The van der Waals surface area contributed by atoms with Crippen molar-refractivity contribution in [3.05, 3.63) is 59.3 Å². The van der Waals surface area contributed by atoms with Crippen LogP contribution in [0.2, 0.25) is 0 Å². The van der Waals surface area contributed by atoms with Gasteiger partial charge in [-0.25, -0.2) is 13.8 Å². The molecule has 2 aromatic rings. The monoisotopic (exact) mass is 263 g/mol. The van der Waals surface area contributed by atoms with Gasteiger partial charge in [0.15, 0.2) is 11.6 Å². The Bertz CT molecular complexity index is 617. The fourth-order valence-electron chi connectivity index (χ4n) is 1.58. The summed E-state index contributed by atoms with van der Waals surface area (Å²) in [7, 11) is 0. The molecule has 0 bridgehead atoms. The lowest BCUT2D eigenvalue weighted by atomic mass is 10.2. The van der Waals surface area contributed by atoms with Gasteiger partial charge in [0.2, 0.25) is 0 Å². The van der Waals surface area contributed by atoms with Gasteiger partial charge in [0.1, 0.15) is 5.82 Å². The number of carbonyl (C=O) groups is 1. The second-order valence-corrected chi connectivity index (χ2v) is 3.87. The first-order valence-electron chi connectivity index (χ1n) is 5.50. The molecule has 0 saturated carbocycles. The number of anilines is 1. The van der Waals surface area contributed by atoms with Gasteiger partial charge in [0.05, 0.1) is 5.56 Å². The highest BCUT2D eigenvalue weighted by molar-refractivity contribution is 5.97. The smallest absolute Gasteiger partial charge is 0.252 e. The molecule has 98 valence electrons. The summed E-state index contributed by atoms with van der Waals surface area (Å²) in [5, 5.41) is 2.86. The maximum Gasteiger partial charge on any atom is 0.252 e. The van der Waals surface area contributed by atoms with Crippen molar-refractivity contribution in [3.63, 3.8) is 0 Å². The van der Waals surface area contributed by atoms with Crippen LogP contribution in [0.25, 0.3) is 0 Å². The number of rotatable bonds is 4. The van der Waals surface area contributed by atoms with E-state index in [1.165, 1.54) is 18.3 Å². The van der Waals surface area contributed by atoms with Crippen molar-refractivity contribution in [3.8, 4) is 0 Å². The molecule has 0 unspecified atom stereocenters. The zero-order valence-corrected chi connectivity index (χ0v) is 9.86. The van der Waals surface area contributed by atoms with E-state index < -0.39 is 17.5 Å². The highest BCUT2D eigenvalue weighted by atomic mass is 19.2. The van der Waals surface area contributed by atoms with Gasteiger partial charge in [-0.15, -0.1) is 0 Å². The van der Waals surface area contributed by atoms with Crippen LogP contribution in [0.4, 0.5) is 14.6 Å². The van der Waals surface area contributed by atoms with Crippen LogP contribution in [0.15, 0.2) is 36.5 Å². The molecule has 0 aliphatic carbocycles. The Kier molecular flexibility index (Phi) is 3.70. The average molecular weight is 263 g/mol. The third kappa shape index (κ3) is 3.04. The molecule has 1 amide bonds. The van der Waals surface area contributed by atoms with Gasteiger partial charge in [0, 0.05) is 12.7 Å². The van der Waals surface area contributed by atoms with E-state index in [4.69, 9.17) is 5.73 Å². The third-order valence-corrected chi connectivity index (χ3v) is 2.52. The number of hydrogen-bond acceptors (Lipinski definition) is 3. The van der Waals surface area contributed by atoms with E-state index in [0.717, 1.165) is 12.1 Å². The fraction of sp³-hybridized carbons (Fsp3) is 0.0769. The second-order valence-electron chi connectivity index (χ2n) is 3.87. The number of nitrogens with one attached hydrogen (secondary N) is 1. The standard InChI is InChI=1S/C13H11F2N3O/c14-10-4-3-8(6-11(10)15)7-18-13-9(12(16)19)2-1-5-17-13/h1-6H,7H2,(H2,16,19)(H,17,18). The highest BCUT2D eigenvalue weighted by Crippen LogP contribution is 2.14. The van der Waals surface area contributed by atoms with Crippen LogP contribution >= 0.6 is 0 Å². The Morgan fingerprint density at radius 2 is 2.05 bits per heavy atom. The molecular weight excluding hydrogens is 252 g/mol. The minimum atomic E-state index is -0.921. The minimum absolute atomic E-state index is 0.203. The summed E-state index contributed by atoms with van der Waals surface area (Å²) in [6.45, 7) is 0.203. The molecule has 0 aliphatic rings. The lowest BCUT2D eigenvalue weighted by Crippen LogP contribution is -2.15. The summed E-state index contributed by atoms with van der Waals surface area (Å²) in [6, 6.07) is 6.68. The minimum Gasteiger partial charge on any atom is -0.365 e. The van der Waals surface area contributed by atoms with Gasteiger partial charge in [0.25, 0.3) is 5.91 Å². The van der Waals surface area contributed by atoms with Gasteiger partial charge in [-0.05, 0) is 29.8 Å². The van der Waals surface area contributed by atoms with Crippen LogP contribution in [0.5, 0.6) is 0 Å². The second kappa shape index (κ2) is 5.43. The molecule has 19 heavy (non-hydrogen) atoms. The Morgan fingerprint density at radius 1 is 1.26 bits per heavy atom. The number of pyridine rings is 1. The van der Waals surface area contributed by atoms with E-state index in [9.17, 15) is 13.6 Å². The van der Waals surface area contributed by atoms with Gasteiger partial charge in [-0.1, -0.05) is 6.07 Å². The van der Waals surface area contributed by atoms with Crippen LogP contribution in [0.1, 0.15) is 15.9 Å². The summed E-state index contributed by atoms with van der Waals surface area (Å²) >= 11 is 0. The number of carbonyl (C=O) groups excluding carboxylic acids is 1. The molecular formula is C13H11F2N3O. The summed E-state index contributed by atoms with van der Waals surface area (Å²) < 4.78 is 25.8. The average Bonchev–Trinajstić information content (AvgIpc) is 2.40. The zero-order chi connectivity index (χ0) is 13.8. The van der Waals surface area contributed by atoms with E-state index in [1.807, 2.05) is 0 Å². The molecule has 0 aliphatic heterocycles. The summed E-state index contributed by atoms with van der Waals surface area (Å²) in [4.78, 5) is 15.1. The van der Waals surface area contributed by atoms with Gasteiger partial charge < -0.3 is 11.1 Å². The Labute approximate surface area is 108 Å². The number of benzene rings is 1. The number of nitrogens with two attached hydrogens (primary N) is 1. The van der Waals surface area contributed by atoms with Crippen molar-refractivity contribution in [2.75, 3.05) is 5.32 Å². The molecule has 6 heteroatoms. The summed E-state index contributed by atoms with van der Waals surface area (Å²) in [5.41, 5.74) is 5.97. The molecule has 3 N–H and O–H groups in total. The number of primary amides is 1. The quantitative estimate of drug-likeness (QED) is 0.887. The van der Waals surface area contributed by atoms with Crippen LogP contribution in [-0.4, -0.2) is 10.9 Å². The van der Waals surface area contributed by atoms with Crippen LogP contribution in [-0.2, 0) is 6.54 Å². The van der Waals surface area contributed by atoms with Crippen molar-refractivity contribution >= 4 is 11.7 Å². The van der Waals surface area contributed by atoms with Gasteiger partial charge in [-0.2, -0.15) is 0 Å². The van der Waals surface area contributed by atoms with Crippen molar-refractivity contribution in [2.24, 2.45) is 5.73 Å². The first-order chi connectivity index (χ1) is 9.08. The number of hydrogen-bond donors (Lipinski definition) is 2. The molecule has 0 spiro atoms. The maximum atomic E-state index is 13.0. The SMILES string of the molecule is NC(=O)c1cccnc1NCc1ccc(F)c(F)c1. The molecule has 4 nitrogen and oxygen atoms in total. The van der Waals surface area contributed by atoms with Crippen LogP contribution < -0.4 is 11.1 Å². The largest absolute Gasteiger partial charge is 0.365 e. The Morgan fingerprint density at radius 3 is 2.74 bits per heavy atom. The molecule has 0 radical (unpaired) electrons. The van der Waals surface area contributed by atoms with E-state index in [-0.39, 0.29) is 12.1 Å². The number of halogens is 2. The van der Waals surface area contributed by atoms with Crippen molar-refractivity contribution in [2.45, 2.75) is 6.54 Å². The molecule has 1 aromatic carbocycles. The summed E-state index contributed by atoms with van der Waals surface area (Å²) in [5.74, 6) is -2.13. The highest BCUT2D eigenvalue weighted by Gasteiger charge is 2.08. The van der Waals surface area contributed by atoms with Crippen molar-refractivity contribution in [1.29, 1.82) is 0 Å². The lowest BCUT2D eigenvalue weighted by Gasteiger charge is -2.08. The third-order valence-electron chi connectivity index (χ3n) is 2.52. The number of aromatic nitrogens is 1. The normalized spacial score (nSPS) is 10.2. The molecule has 0 saturated heterocycles. The topological polar surface area (TPSA) is 68.0 Å². The number of amides is 1. The van der Waals surface area contributed by atoms with E-state index >= 15 is 0 Å². The predicted molar refractivity (Wildman–Crippen MR) is 66.4 cm³/mol. The van der Waals surface area contributed by atoms with Crippen LogP contribution in [0.3, 0.4) is 0 Å². The van der Waals surface area contributed by atoms with Crippen molar-refractivity contribution < 1.29 is 13.6 Å². The molecule has 1 aromatic heterocycles. The first-order valence-corrected chi connectivity index (χ1v) is 5.50. The Balaban J connectivity index is 2.14. The molecule has 2 rings (SSSR count). The number of nitrogens with zero attached hydrogens (tertiary/aromatic N) is 1.